The van der Waals surface area contributed by atoms with Crippen molar-refractivity contribution in [3.05, 3.63) is 40.2 Å². The number of nitrogens with zero attached hydrogens (tertiary/aromatic N) is 3. The van der Waals surface area contributed by atoms with E-state index in [2.05, 4.69) is 23.7 Å². The van der Waals surface area contributed by atoms with E-state index < -0.39 is 0 Å². The highest BCUT2D eigenvalue weighted by Gasteiger charge is 2.28. The summed E-state index contributed by atoms with van der Waals surface area (Å²) in [5.41, 5.74) is 2.59. The third kappa shape index (κ3) is 4.28. The molecule has 152 valence electrons. The molecule has 0 radical (unpaired) electrons. The number of likely N-dealkylation sites (tertiary alicyclic amines) is 1. The number of aromatic nitrogens is 1. The summed E-state index contributed by atoms with van der Waals surface area (Å²) in [7, 11) is 0. The van der Waals surface area contributed by atoms with Gasteiger partial charge in [-0.05, 0) is 57.0 Å². The van der Waals surface area contributed by atoms with E-state index in [-0.39, 0.29) is 11.7 Å². The average Bonchev–Trinajstić information content (AvgIpc) is 3.10. The molecular weight excluding hydrogens is 373 g/mol. The number of aryl methyl sites for hydroxylation is 2. The fourth-order valence-electron chi connectivity index (χ4n) is 4.08. The van der Waals surface area contributed by atoms with E-state index in [0.29, 0.717) is 10.9 Å². The second kappa shape index (κ2) is 9.14. The highest BCUT2D eigenvalue weighted by molar-refractivity contribution is 7.17. The van der Waals surface area contributed by atoms with E-state index >= 15 is 0 Å². The summed E-state index contributed by atoms with van der Waals surface area (Å²) in [5, 5.41) is 0.732. The predicted molar refractivity (Wildman–Crippen MR) is 113 cm³/mol. The van der Waals surface area contributed by atoms with Crippen LogP contribution in [0.1, 0.15) is 54.5 Å². The van der Waals surface area contributed by atoms with Gasteiger partial charge in [-0.2, -0.15) is 0 Å². The monoisotopic (exact) mass is 403 g/mol. The molecule has 2 heterocycles. The van der Waals surface area contributed by atoms with E-state index in [1.807, 2.05) is 18.7 Å². The maximum atomic E-state index is 13.8. The van der Waals surface area contributed by atoms with Crippen LogP contribution in [0.15, 0.2) is 18.2 Å². The molecule has 6 heteroatoms. The van der Waals surface area contributed by atoms with Crippen molar-refractivity contribution in [2.45, 2.75) is 53.0 Å². The van der Waals surface area contributed by atoms with Crippen molar-refractivity contribution >= 4 is 17.2 Å². The number of rotatable bonds is 6. The average molecular weight is 404 g/mol. The maximum Gasteiger partial charge on any atom is 0.265 e. The fourth-order valence-corrected chi connectivity index (χ4v) is 5.17. The zero-order chi connectivity index (χ0) is 20.3. The molecule has 1 saturated heterocycles. The van der Waals surface area contributed by atoms with Crippen molar-refractivity contribution in [2.75, 3.05) is 26.2 Å². The number of hydrogen-bond donors (Lipinski definition) is 0. The Morgan fingerprint density at radius 3 is 2.54 bits per heavy atom. The van der Waals surface area contributed by atoms with Crippen LogP contribution in [0.2, 0.25) is 0 Å². The smallest absolute Gasteiger partial charge is 0.265 e. The number of carbonyl (C=O) groups excluding carboxylic acids is 1. The van der Waals surface area contributed by atoms with Gasteiger partial charge in [0.25, 0.3) is 5.91 Å². The quantitative estimate of drug-likeness (QED) is 0.697. The largest absolute Gasteiger partial charge is 0.338 e. The van der Waals surface area contributed by atoms with Crippen LogP contribution in [0.4, 0.5) is 4.39 Å². The first-order valence-corrected chi connectivity index (χ1v) is 11.1. The molecule has 1 fully saturated rings. The van der Waals surface area contributed by atoms with E-state index in [1.54, 1.807) is 6.07 Å². The minimum Gasteiger partial charge on any atom is -0.338 e. The van der Waals surface area contributed by atoms with Gasteiger partial charge < -0.3 is 9.80 Å². The minimum atomic E-state index is -0.272. The lowest BCUT2D eigenvalue weighted by Gasteiger charge is -2.37. The molecule has 2 aromatic rings. The van der Waals surface area contributed by atoms with Crippen molar-refractivity contribution < 1.29 is 9.18 Å². The fraction of sp³-hybridized carbons (Fsp3) is 0.545. The molecule has 0 N–H and O–H groups in total. The highest BCUT2D eigenvalue weighted by atomic mass is 32.1. The zero-order valence-corrected chi connectivity index (χ0v) is 18.1. The summed E-state index contributed by atoms with van der Waals surface area (Å²) in [6.45, 7) is 12.0. The molecule has 1 aliphatic heterocycles. The van der Waals surface area contributed by atoms with Crippen molar-refractivity contribution in [1.29, 1.82) is 0 Å². The van der Waals surface area contributed by atoms with Crippen LogP contribution in [0.5, 0.6) is 0 Å². The molecule has 4 nitrogen and oxygen atoms in total. The topological polar surface area (TPSA) is 36.4 Å². The van der Waals surface area contributed by atoms with Gasteiger partial charge in [0, 0.05) is 24.7 Å². The normalized spacial score (nSPS) is 15.4. The lowest BCUT2D eigenvalue weighted by molar-refractivity contribution is 0.0635. The molecule has 0 saturated carbocycles. The van der Waals surface area contributed by atoms with Crippen LogP contribution in [0.25, 0.3) is 10.6 Å². The standard InChI is InChI=1S/C22H30FN3OS/c1-5-16-8-9-17(23)14-19(16)21-24-15(4)20(28-21)22(27)26-12-10-18(11-13-26)25(6-2)7-3/h8-9,14,18H,5-7,10-13H2,1-4H3. The van der Waals surface area contributed by atoms with Gasteiger partial charge >= 0.3 is 0 Å². The van der Waals surface area contributed by atoms with Gasteiger partial charge in [-0.25, -0.2) is 9.37 Å². The molecule has 1 aliphatic rings. The Bertz CT molecular complexity index is 823. The summed E-state index contributed by atoms with van der Waals surface area (Å²) < 4.78 is 13.8. The third-order valence-corrected chi connectivity index (χ3v) is 6.93. The third-order valence-electron chi connectivity index (χ3n) is 5.75. The lowest BCUT2D eigenvalue weighted by Crippen LogP contribution is -2.46. The Morgan fingerprint density at radius 2 is 1.93 bits per heavy atom. The van der Waals surface area contributed by atoms with Crippen molar-refractivity contribution in [2.24, 2.45) is 0 Å². The van der Waals surface area contributed by atoms with Gasteiger partial charge in [-0.1, -0.05) is 26.8 Å². The van der Waals surface area contributed by atoms with Crippen molar-refractivity contribution in [3.63, 3.8) is 0 Å². The van der Waals surface area contributed by atoms with Crippen molar-refractivity contribution in [1.82, 2.24) is 14.8 Å². The molecule has 3 rings (SSSR count). The molecule has 0 atom stereocenters. The number of benzene rings is 1. The maximum absolute atomic E-state index is 13.8. The Morgan fingerprint density at radius 1 is 1.25 bits per heavy atom. The van der Waals surface area contributed by atoms with E-state index in [4.69, 9.17) is 0 Å². The first kappa shape index (κ1) is 20.9. The molecule has 1 aromatic heterocycles. The predicted octanol–water partition coefficient (Wildman–Crippen LogP) is 4.77. The van der Waals surface area contributed by atoms with Gasteiger partial charge in [0.2, 0.25) is 0 Å². The molecule has 0 spiro atoms. The van der Waals surface area contributed by atoms with Gasteiger partial charge in [-0.15, -0.1) is 11.3 Å². The number of carbonyl (C=O) groups is 1. The molecule has 0 aliphatic carbocycles. The highest BCUT2D eigenvalue weighted by Crippen LogP contribution is 2.32. The lowest BCUT2D eigenvalue weighted by atomic mass is 10.0. The Kier molecular flexibility index (Phi) is 6.83. The summed E-state index contributed by atoms with van der Waals surface area (Å²) >= 11 is 1.39. The van der Waals surface area contributed by atoms with E-state index in [0.717, 1.165) is 67.3 Å². The molecule has 1 amide bonds. The molecule has 0 bridgehead atoms. The minimum absolute atomic E-state index is 0.0636. The number of amides is 1. The Hall–Kier alpha value is -1.79. The Balaban J connectivity index is 1.77. The summed E-state index contributed by atoms with van der Waals surface area (Å²) in [5.74, 6) is -0.208. The van der Waals surface area contributed by atoms with E-state index in [9.17, 15) is 9.18 Å². The molecule has 1 aromatic carbocycles. The van der Waals surface area contributed by atoms with Crippen LogP contribution in [0, 0.1) is 12.7 Å². The first-order valence-electron chi connectivity index (χ1n) is 10.3. The summed E-state index contributed by atoms with van der Waals surface area (Å²) in [4.78, 5) is 22.8. The second-order valence-electron chi connectivity index (χ2n) is 7.33. The Labute approximate surface area is 171 Å². The van der Waals surface area contributed by atoms with E-state index in [1.165, 1.54) is 23.5 Å². The number of piperidine rings is 1. The number of hydrogen-bond acceptors (Lipinski definition) is 4. The van der Waals surface area contributed by atoms with Crippen LogP contribution >= 0.6 is 11.3 Å². The number of thiazole rings is 1. The van der Waals surface area contributed by atoms with Crippen molar-refractivity contribution in [3.8, 4) is 10.6 Å². The summed E-state index contributed by atoms with van der Waals surface area (Å²) in [6.07, 6.45) is 2.83. The van der Waals surface area contributed by atoms with Crippen LogP contribution in [0.3, 0.4) is 0 Å². The summed E-state index contributed by atoms with van der Waals surface area (Å²) in [6, 6.07) is 5.38. The molecule has 28 heavy (non-hydrogen) atoms. The zero-order valence-electron chi connectivity index (χ0n) is 17.3. The second-order valence-corrected chi connectivity index (χ2v) is 8.33. The molecule has 0 unspecified atom stereocenters. The van der Waals surface area contributed by atoms with Gasteiger partial charge in [0.15, 0.2) is 0 Å². The first-order chi connectivity index (χ1) is 13.5. The van der Waals surface area contributed by atoms with Crippen LogP contribution in [-0.2, 0) is 6.42 Å². The van der Waals surface area contributed by atoms with Gasteiger partial charge in [0.1, 0.15) is 15.7 Å². The number of halogens is 1. The molecular formula is C22H30FN3OS. The van der Waals surface area contributed by atoms with Gasteiger partial charge in [0.05, 0.1) is 5.69 Å². The van der Waals surface area contributed by atoms with Gasteiger partial charge in [-0.3, -0.25) is 4.79 Å². The van der Waals surface area contributed by atoms with Crippen LogP contribution in [-0.4, -0.2) is 52.9 Å². The van der Waals surface area contributed by atoms with Crippen LogP contribution < -0.4 is 0 Å². The SMILES string of the molecule is CCc1ccc(F)cc1-c1nc(C)c(C(=O)N2CCC(N(CC)CC)CC2)s1.